The molecule has 0 saturated carbocycles. The zero-order valence-corrected chi connectivity index (χ0v) is 17.6. The topological polar surface area (TPSA) is 79.0 Å². The van der Waals surface area contributed by atoms with E-state index in [0.717, 1.165) is 17.9 Å². The number of para-hydroxylation sites is 2. The number of methoxy groups -OCH3 is 1. The second-order valence-electron chi connectivity index (χ2n) is 6.89. The number of anilines is 2. The van der Waals surface area contributed by atoms with Crippen LogP contribution in [-0.4, -0.2) is 51.9 Å². The first-order valence-electron chi connectivity index (χ1n) is 9.73. The van der Waals surface area contributed by atoms with E-state index < -0.39 is 10.0 Å². The Kier molecular flexibility index (Phi) is 6.76. The van der Waals surface area contributed by atoms with Gasteiger partial charge in [-0.1, -0.05) is 19.1 Å². The maximum Gasteiger partial charge on any atom is 0.243 e. The predicted octanol–water partition coefficient (Wildman–Crippen LogP) is 2.94. The summed E-state index contributed by atoms with van der Waals surface area (Å²) in [6.45, 7) is 3.91. The van der Waals surface area contributed by atoms with Crippen LogP contribution in [0.15, 0.2) is 53.4 Å². The van der Waals surface area contributed by atoms with Crippen LogP contribution in [-0.2, 0) is 14.8 Å². The van der Waals surface area contributed by atoms with Crippen molar-refractivity contribution in [1.82, 2.24) is 4.31 Å². The molecule has 0 unspecified atom stereocenters. The lowest BCUT2D eigenvalue weighted by Gasteiger charge is -2.35. The van der Waals surface area contributed by atoms with Gasteiger partial charge in [0, 0.05) is 38.3 Å². The van der Waals surface area contributed by atoms with Crippen LogP contribution in [0.4, 0.5) is 11.4 Å². The summed E-state index contributed by atoms with van der Waals surface area (Å²) in [6.07, 6.45) is 1.20. The van der Waals surface area contributed by atoms with Gasteiger partial charge in [-0.3, -0.25) is 4.79 Å². The Morgan fingerprint density at radius 1 is 1.03 bits per heavy atom. The van der Waals surface area contributed by atoms with Crippen molar-refractivity contribution >= 4 is 27.3 Å². The highest BCUT2D eigenvalue weighted by Gasteiger charge is 2.29. The first-order chi connectivity index (χ1) is 14.0. The van der Waals surface area contributed by atoms with Gasteiger partial charge in [0.25, 0.3) is 0 Å². The molecule has 1 fully saturated rings. The summed E-state index contributed by atoms with van der Waals surface area (Å²) in [5.41, 5.74) is 1.57. The first kappa shape index (κ1) is 21.1. The van der Waals surface area contributed by atoms with Crippen molar-refractivity contribution in [1.29, 1.82) is 0 Å². The third kappa shape index (κ3) is 4.89. The summed E-state index contributed by atoms with van der Waals surface area (Å²) in [7, 11) is -1.94. The highest BCUT2D eigenvalue weighted by Crippen LogP contribution is 2.29. The van der Waals surface area contributed by atoms with Gasteiger partial charge in [0.05, 0.1) is 17.7 Å². The second kappa shape index (κ2) is 9.28. The van der Waals surface area contributed by atoms with Gasteiger partial charge in [-0.05, 0) is 42.8 Å². The summed E-state index contributed by atoms with van der Waals surface area (Å²) >= 11 is 0. The van der Waals surface area contributed by atoms with E-state index in [1.165, 1.54) is 4.31 Å². The van der Waals surface area contributed by atoms with E-state index in [0.29, 0.717) is 38.3 Å². The average Bonchev–Trinajstić information content (AvgIpc) is 2.74. The van der Waals surface area contributed by atoms with E-state index in [1.54, 1.807) is 31.4 Å². The number of benzene rings is 2. The van der Waals surface area contributed by atoms with Crippen LogP contribution in [0, 0.1) is 0 Å². The van der Waals surface area contributed by atoms with Crippen LogP contribution >= 0.6 is 0 Å². The monoisotopic (exact) mass is 417 g/mol. The highest BCUT2D eigenvalue weighted by atomic mass is 32.2. The zero-order chi connectivity index (χ0) is 20.9. The van der Waals surface area contributed by atoms with Crippen molar-refractivity contribution in [3.05, 3.63) is 48.5 Å². The molecule has 0 spiro atoms. The number of rotatable bonds is 7. The van der Waals surface area contributed by atoms with E-state index in [9.17, 15) is 13.2 Å². The van der Waals surface area contributed by atoms with Crippen molar-refractivity contribution < 1.29 is 17.9 Å². The van der Waals surface area contributed by atoms with Gasteiger partial charge in [-0.25, -0.2) is 8.42 Å². The third-order valence-corrected chi connectivity index (χ3v) is 6.83. The van der Waals surface area contributed by atoms with Crippen LogP contribution in [0.3, 0.4) is 0 Å². The van der Waals surface area contributed by atoms with Gasteiger partial charge in [-0.15, -0.1) is 0 Å². The fraction of sp³-hybridized carbons (Fsp3) is 0.381. The van der Waals surface area contributed by atoms with Crippen molar-refractivity contribution in [2.45, 2.75) is 24.7 Å². The average molecular weight is 418 g/mol. The molecule has 1 heterocycles. The molecule has 8 heteroatoms. The molecule has 0 radical (unpaired) electrons. The van der Waals surface area contributed by atoms with Crippen molar-refractivity contribution in [2.75, 3.05) is 43.5 Å². The normalized spacial score (nSPS) is 15.2. The van der Waals surface area contributed by atoms with Crippen molar-refractivity contribution in [3.63, 3.8) is 0 Å². The van der Waals surface area contributed by atoms with E-state index in [2.05, 4.69) is 10.2 Å². The first-order valence-corrected chi connectivity index (χ1v) is 11.2. The Labute approximate surface area is 172 Å². The van der Waals surface area contributed by atoms with Gasteiger partial charge in [-0.2, -0.15) is 4.31 Å². The van der Waals surface area contributed by atoms with E-state index >= 15 is 0 Å². The second-order valence-corrected chi connectivity index (χ2v) is 8.82. The molecule has 0 atom stereocenters. The minimum absolute atomic E-state index is 0.0735. The Balaban J connectivity index is 1.66. The molecular formula is C21H27N3O4S. The van der Waals surface area contributed by atoms with E-state index in [1.807, 2.05) is 31.2 Å². The molecule has 7 nitrogen and oxygen atoms in total. The molecule has 1 aliphatic rings. The smallest absolute Gasteiger partial charge is 0.243 e. The van der Waals surface area contributed by atoms with Crippen LogP contribution in [0.2, 0.25) is 0 Å². The van der Waals surface area contributed by atoms with Gasteiger partial charge in [0.15, 0.2) is 0 Å². The molecule has 1 N–H and O–H groups in total. The van der Waals surface area contributed by atoms with Crippen LogP contribution in [0.1, 0.15) is 19.8 Å². The van der Waals surface area contributed by atoms with Crippen molar-refractivity contribution in [3.8, 4) is 5.75 Å². The molecule has 3 rings (SSSR count). The Hall–Kier alpha value is -2.58. The maximum absolute atomic E-state index is 13.0. The Morgan fingerprint density at radius 3 is 2.31 bits per heavy atom. The number of nitrogens with one attached hydrogen (secondary N) is 1. The van der Waals surface area contributed by atoms with Gasteiger partial charge in [0.1, 0.15) is 5.75 Å². The van der Waals surface area contributed by atoms with E-state index in [-0.39, 0.29) is 10.8 Å². The number of hydrogen-bond acceptors (Lipinski definition) is 5. The summed E-state index contributed by atoms with van der Waals surface area (Å²) in [5, 5.41) is 2.77. The lowest BCUT2D eigenvalue weighted by Crippen LogP contribution is -2.48. The molecular weight excluding hydrogens is 390 g/mol. The number of amides is 1. The number of sulfonamides is 1. The molecule has 1 aliphatic heterocycles. The molecule has 1 saturated heterocycles. The lowest BCUT2D eigenvalue weighted by atomic mass is 10.2. The van der Waals surface area contributed by atoms with Crippen LogP contribution < -0.4 is 15.0 Å². The zero-order valence-electron chi connectivity index (χ0n) is 16.8. The summed E-state index contributed by atoms with van der Waals surface area (Å²) in [4.78, 5) is 14.1. The fourth-order valence-corrected chi connectivity index (χ4v) is 4.79. The standard InChI is InChI=1S/C21H27N3O4S/c1-3-6-21(25)22-17-9-11-18(12-10-17)29(26,27)24-15-13-23(14-16-24)19-7-4-5-8-20(19)28-2/h4-5,7-12H,3,6,13-16H2,1-2H3,(H,22,25). The third-order valence-electron chi connectivity index (χ3n) is 4.92. The molecule has 0 aliphatic carbocycles. The number of nitrogens with zero attached hydrogens (tertiary/aromatic N) is 2. The Morgan fingerprint density at radius 2 is 1.69 bits per heavy atom. The maximum atomic E-state index is 13.0. The quantitative estimate of drug-likeness (QED) is 0.749. The summed E-state index contributed by atoms with van der Waals surface area (Å²) in [5.74, 6) is 0.708. The molecule has 29 heavy (non-hydrogen) atoms. The molecule has 2 aromatic carbocycles. The number of ether oxygens (including phenoxy) is 1. The number of carbonyl (C=O) groups is 1. The minimum atomic E-state index is -3.58. The van der Waals surface area contributed by atoms with Gasteiger partial charge >= 0.3 is 0 Å². The molecule has 0 aromatic heterocycles. The van der Waals surface area contributed by atoms with Crippen LogP contribution in [0.25, 0.3) is 0 Å². The fourth-order valence-electron chi connectivity index (χ4n) is 3.37. The molecule has 1 amide bonds. The SMILES string of the molecule is CCCC(=O)Nc1ccc(S(=O)(=O)N2CCN(c3ccccc3OC)CC2)cc1. The lowest BCUT2D eigenvalue weighted by molar-refractivity contribution is -0.116. The predicted molar refractivity (Wildman–Crippen MR) is 114 cm³/mol. The van der Waals surface area contributed by atoms with Gasteiger partial charge in [0.2, 0.25) is 15.9 Å². The minimum Gasteiger partial charge on any atom is -0.495 e. The van der Waals surface area contributed by atoms with E-state index in [4.69, 9.17) is 4.74 Å². The molecule has 156 valence electrons. The summed E-state index contributed by atoms with van der Waals surface area (Å²) < 4.78 is 32.9. The molecule has 2 aromatic rings. The summed E-state index contributed by atoms with van der Waals surface area (Å²) in [6, 6.07) is 14.1. The van der Waals surface area contributed by atoms with Crippen LogP contribution in [0.5, 0.6) is 5.75 Å². The highest BCUT2D eigenvalue weighted by molar-refractivity contribution is 7.89. The Bertz CT molecular complexity index is 937. The van der Waals surface area contributed by atoms with Crippen molar-refractivity contribution in [2.24, 2.45) is 0 Å². The molecule has 0 bridgehead atoms. The number of carbonyl (C=O) groups excluding carboxylic acids is 1. The number of piperazine rings is 1. The number of hydrogen-bond donors (Lipinski definition) is 1. The van der Waals surface area contributed by atoms with Gasteiger partial charge < -0.3 is 15.0 Å². The largest absolute Gasteiger partial charge is 0.495 e.